The van der Waals surface area contributed by atoms with E-state index in [1.807, 2.05) is 29.2 Å². The van der Waals surface area contributed by atoms with Gasteiger partial charge in [-0.1, -0.05) is 17.4 Å². The van der Waals surface area contributed by atoms with E-state index in [1.54, 1.807) is 25.5 Å². The van der Waals surface area contributed by atoms with Gasteiger partial charge >= 0.3 is 5.97 Å². The molecule has 0 aromatic carbocycles. The lowest BCUT2D eigenvalue weighted by molar-refractivity contribution is -0.149. The third-order valence-electron chi connectivity index (χ3n) is 5.90. The molecule has 1 saturated heterocycles. The minimum absolute atomic E-state index is 0.473. The largest absolute Gasteiger partial charge is 0.481 e. The van der Waals surface area contributed by atoms with Crippen LogP contribution in [0.2, 0.25) is 0 Å². The lowest BCUT2D eigenvalue weighted by Crippen LogP contribution is -2.43. The number of thiazole rings is 1. The van der Waals surface area contributed by atoms with Gasteiger partial charge in [0.15, 0.2) is 5.13 Å². The molecule has 0 radical (unpaired) electrons. The van der Waals surface area contributed by atoms with Crippen LogP contribution in [0, 0.1) is 5.41 Å². The van der Waals surface area contributed by atoms with Gasteiger partial charge in [-0.15, -0.1) is 0 Å². The van der Waals surface area contributed by atoms with E-state index in [2.05, 4.69) is 19.9 Å². The van der Waals surface area contributed by atoms with Gasteiger partial charge in [0, 0.05) is 37.2 Å². The number of rotatable bonds is 4. The Kier molecular flexibility index (Phi) is 4.93. The molecule has 9 nitrogen and oxygen atoms in total. The lowest BCUT2D eigenvalue weighted by atomic mass is 9.80. The summed E-state index contributed by atoms with van der Waals surface area (Å²) in [6, 6.07) is 7.56. The molecule has 0 spiro atoms. The number of fused-ring (bicyclic) bond motifs is 1. The first-order valence-electron chi connectivity index (χ1n) is 10.2. The van der Waals surface area contributed by atoms with Crippen LogP contribution in [0.3, 0.4) is 0 Å². The van der Waals surface area contributed by atoms with E-state index in [1.165, 1.54) is 11.3 Å². The van der Waals surface area contributed by atoms with Gasteiger partial charge in [0.1, 0.15) is 5.69 Å². The molecule has 4 aromatic heterocycles. The summed E-state index contributed by atoms with van der Waals surface area (Å²) in [6.45, 7) is 3.01. The zero-order chi connectivity index (χ0) is 22.3. The molecule has 10 heteroatoms. The zero-order valence-electron chi connectivity index (χ0n) is 17.4. The Hall–Kier alpha value is -3.66. The van der Waals surface area contributed by atoms with Gasteiger partial charge < -0.3 is 15.7 Å². The number of pyridine rings is 2. The number of hydrogen-bond donors (Lipinski definition) is 2. The number of carboxylic acid groups (broad SMARTS) is 1. The minimum Gasteiger partial charge on any atom is -0.481 e. The maximum Gasteiger partial charge on any atom is 0.309 e. The van der Waals surface area contributed by atoms with Gasteiger partial charge in [-0.2, -0.15) is 0 Å². The number of nitrogen functional groups attached to an aromatic ring is 1. The van der Waals surface area contributed by atoms with E-state index in [-0.39, 0.29) is 0 Å². The van der Waals surface area contributed by atoms with Crippen LogP contribution in [0.5, 0.6) is 0 Å². The summed E-state index contributed by atoms with van der Waals surface area (Å²) in [5.41, 5.74) is 8.94. The van der Waals surface area contributed by atoms with Crippen molar-refractivity contribution >= 4 is 38.6 Å². The number of nitrogens with zero attached hydrogens (tertiary/aromatic N) is 6. The van der Waals surface area contributed by atoms with E-state index in [9.17, 15) is 9.90 Å². The molecule has 3 N–H and O–H groups in total. The summed E-state index contributed by atoms with van der Waals surface area (Å²) in [5.74, 6) is -0.161. The standard InChI is InChI=1S/C22H21N7O2S/c1-22(19(30)31)5-8-29(9-6-22)21-25-11-13(12-26-21)15-10-16-18(32-20(23)28-16)17(27-15)14-4-2-3-7-24-14/h2-4,7,10-12H,5-6,8-9H2,1H3,(H2,23,28)(H,30,31). The fourth-order valence-electron chi connectivity index (χ4n) is 3.80. The maximum absolute atomic E-state index is 11.5. The second-order valence-electron chi connectivity index (χ2n) is 8.10. The van der Waals surface area contributed by atoms with Gasteiger partial charge in [0.05, 0.1) is 27.0 Å². The molecule has 162 valence electrons. The van der Waals surface area contributed by atoms with Crippen LogP contribution in [-0.2, 0) is 4.79 Å². The van der Waals surface area contributed by atoms with E-state index >= 15 is 0 Å². The van der Waals surface area contributed by atoms with Crippen LogP contribution < -0.4 is 10.6 Å². The fourth-order valence-corrected chi connectivity index (χ4v) is 4.61. The summed E-state index contributed by atoms with van der Waals surface area (Å²) < 4.78 is 0.886. The highest BCUT2D eigenvalue weighted by Gasteiger charge is 2.37. The molecule has 0 unspecified atom stereocenters. The van der Waals surface area contributed by atoms with Crippen molar-refractivity contribution in [3.05, 3.63) is 42.9 Å². The molecule has 0 saturated carbocycles. The van der Waals surface area contributed by atoms with Crippen molar-refractivity contribution in [1.29, 1.82) is 0 Å². The van der Waals surface area contributed by atoms with Crippen LogP contribution in [0.4, 0.5) is 11.1 Å². The third-order valence-corrected chi connectivity index (χ3v) is 6.81. The molecule has 5 rings (SSSR count). The SMILES string of the molecule is CC1(C(=O)O)CCN(c2ncc(-c3cc4nc(N)sc4c(-c4ccccn4)n3)cn2)CC1. The topological polar surface area (TPSA) is 131 Å². The first-order valence-corrected chi connectivity index (χ1v) is 11.0. The number of aromatic nitrogens is 5. The van der Waals surface area contributed by atoms with Gasteiger partial charge in [0.25, 0.3) is 0 Å². The Balaban J connectivity index is 1.46. The van der Waals surface area contributed by atoms with Gasteiger partial charge in [-0.25, -0.2) is 19.9 Å². The Morgan fingerprint density at radius 1 is 1.12 bits per heavy atom. The van der Waals surface area contributed by atoms with Crippen molar-refractivity contribution in [3.63, 3.8) is 0 Å². The predicted octanol–water partition coefficient (Wildman–Crippen LogP) is 3.48. The Labute approximate surface area is 188 Å². The molecule has 0 atom stereocenters. The van der Waals surface area contributed by atoms with E-state index in [0.717, 1.165) is 27.2 Å². The molecule has 32 heavy (non-hydrogen) atoms. The van der Waals surface area contributed by atoms with Crippen molar-refractivity contribution in [2.75, 3.05) is 23.7 Å². The highest BCUT2D eigenvalue weighted by Crippen LogP contribution is 2.35. The number of nitrogens with two attached hydrogens (primary N) is 1. The first-order chi connectivity index (χ1) is 15.4. The maximum atomic E-state index is 11.5. The van der Waals surface area contributed by atoms with Gasteiger partial charge in [-0.05, 0) is 38.0 Å². The Bertz CT molecular complexity index is 1280. The second-order valence-corrected chi connectivity index (χ2v) is 9.13. The van der Waals surface area contributed by atoms with Crippen LogP contribution >= 0.6 is 11.3 Å². The van der Waals surface area contributed by atoms with E-state index in [4.69, 9.17) is 10.7 Å². The average Bonchev–Trinajstić information content (AvgIpc) is 3.19. The number of anilines is 2. The number of aliphatic carboxylic acids is 1. The number of hydrogen-bond acceptors (Lipinski definition) is 9. The summed E-state index contributed by atoms with van der Waals surface area (Å²) in [4.78, 5) is 36.3. The van der Waals surface area contributed by atoms with Gasteiger partial charge in [-0.3, -0.25) is 9.78 Å². The summed E-state index contributed by atoms with van der Waals surface area (Å²) in [7, 11) is 0. The molecular formula is C22H21N7O2S. The monoisotopic (exact) mass is 447 g/mol. The summed E-state index contributed by atoms with van der Waals surface area (Å²) >= 11 is 1.38. The number of piperidine rings is 1. The van der Waals surface area contributed by atoms with Crippen LogP contribution in [0.25, 0.3) is 32.9 Å². The van der Waals surface area contributed by atoms with Crippen molar-refractivity contribution in [2.45, 2.75) is 19.8 Å². The number of carbonyl (C=O) groups is 1. The molecule has 1 aliphatic rings. The fraction of sp³-hybridized carbons (Fsp3) is 0.273. The first kappa shape index (κ1) is 20.3. The molecule has 4 aromatic rings. The lowest BCUT2D eigenvalue weighted by Gasteiger charge is -2.36. The molecule has 0 amide bonds. The average molecular weight is 448 g/mol. The van der Waals surface area contributed by atoms with E-state index in [0.29, 0.717) is 42.7 Å². The van der Waals surface area contributed by atoms with Crippen molar-refractivity contribution < 1.29 is 9.90 Å². The molecule has 1 aliphatic heterocycles. The predicted molar refractivity (Wildman–Crippen MR) is 123 cm³/mol. The van der Waals surface area contributed by atoms with Gasteiger partial charge in [0.2, 0.25) is 5.95 Å². The second kappa shape index (κ2) is 7.79. The van der Waals surface area contributed by atoms with Crippen molar-refractivity contribution in [2.24, 2.45) is 5.41 Å². The Morgan fingerprint density at radius 2 is 1.88 bits per heavy atom. The molecule has 0 aliphatic carbocycles. The summed E-state index contributed by atoms with van der Waals surface area (Å²) in [5, 5.41) is 9.90. The number of carboxylic acids is 1. The zero-order valence-corrected chi connectivity index (χ0v) is 18.2. The van der Waals surface area contributed by atoms with E-state index < -0.39 is 11.4 Å². The highest BCUT2D eigenvalue weighted by molar-refractivity contribution is 7.22. The van der Waals surface area contributed by atoms with Crippen molar-refractivity contribution in [1.82, 2.24) is 24.9 Å². The molecule has 1 fully saturated rings. The van der Waals surface area contributed by atoms with Crippen LogP contribution in [0.15, 0.2) is 42.9 Å². The highest BCUT2D eigenvalue weighted by atomic mass is 32.1. The smallest absolute Gasteiger partial charge is 0.309 e. The van der Waals surface area contributed by atoms with Crippen molar-refractivity contribution in [3.8, 4) is 22.6 Å². The molecule has 0 bridgehead atoms. The third kappa shape index (κ3) is 3.62. The van der Waals surface area contributed by atoms with Crippen LogP contribution in [0.1, 0.15) is 19.8 Å². The quantitative estimate of drug-likeness (QED) is 0.482. The molecule has 5 heterocycles. The summed E-state index contributed by atoms with van der Waals surface area (Å²) in [6.07, 6.45) is 6.32. The minimum atomic E-state index is -0.749. The van der Waals surface area contributed by atoms with Crippen LogP contribution in [-0.4, -0.2) is 49.1 Å². The Morgan fingerprint density at radius 3 is 2.53 bits per heavy atom. The normalized spacial score (nSPS) is 15.7. The molecular weight excluding hydrogens is 426 g/mol.